The predicted octanol–water partition coefficient (Wildman–Crippen LogP) is 3.12. The molecule has 1 unspecified atom stereocenters. The van der Waals surface area contributed by atoms with Crippen molar-refractivity contribution in [3.05, 3.63) is 45.1 Å². The molecule has 4 N–H and O–H groups in total. The fourth-order valence-electron chi connectivity index (χ4n) is 3.95. The lowest BCUT2D eigenvalue weighted by Crippen LogP contribution is -2.42. The molecule has 0 aromatic carbocycles. The van der Waals surface area contributed by atoms with Crippen molar-refractivity contribution in [3.63, 3.8) is 0 Å². The van der Waals surface area contributed by atoms with Crippen molar-refractivity contribution in [1.29, 1.82) is 5.26 Å². The molecule has 0 bridgehead atoms. The van der Waals surface area contributed by atoms with E-state index >= 15 is 0 Å². The van der Waals surface area contributed by atoms with E-state index in [1.54, 1.807) is 4.90 Å². The molecule has 0 radical (unpaired) electrons. The number of allylic oxidation sites excluding steroid dienone is 3. The van der Waals surface area contributed by atoms with E-state index in [-0.39, 0.29) is 22.8 Å². The number of hydrogen-bond acceptors (Lipinski definition) is 10. The van der Waals surface area contributed by atoms with E-state index in [0.717, 1.165) is 10.6 Å². The number of Topliss-reactive ketones (excluding diaryl/α,β-unsaturated/α-hetero) is 1. The summed E-state index contributed by atoms with van der Waals surface area (Å²) in [7, 11) is 0. The lowest BCUT2D eigenvalue weighted by molar-refractivity contribution is -0.118. The number of aromatic nitrogens is 2. The molecule has 31 heavy (non-hydrogen) atoms. The maximum absolute atomic E-state index is 13.3. The Balaban J connectivity index is 1.87. The van der Waals surface area contributed by atoms with Crippen LogP contribution in [0, 0.1) is 16.7 Å². The Kier molecular flexibility index (Phi) is 5.63. The van der Waals surface area contributed by atoms with Crippen LogP contribution in [0.15, 0.2) is 44.5 Å². The summed E-state index contributed by atoms with van der Waals surface area (Å²) in [5, 5.41) is 20.7. The predicted molar refractivity (Wildman–Crippen MR) is 121 cm³/mol. The van der Waals surface area contributed by atoms with E-state index in [9.17, 15) is 14.9 Å². The second kappa shape index (κ2) is 8.11. The average Bonchev–Trinajstić information content (AvgIpc) is 3.36. The monoisotopic (exact) mass is 472 g/mol. The number of anilines is 1. The van der Waals surface area contributed by atoms with Crippen molar-refractivity contribution < 1.29 is 9.59 Å². The van der Waals surface area contributed by atoms with Crippen LogP contribution >= 0.6 is 34.4 Å². The normalized spacial score (nSPS) is 20.6. The van der Waals surface area contributed by atoms with Gasteiger partial charge in [0.25, 0.3) is 0 Å². The van der Waals surface area contributed by atoms with Crippen molar-refractivity contribution in [2.75, 3.05) is 10.7 Å². The Morgan fingerprint density at radius 2 is 2.19 bits per heavy atom. The number of amides is 1. The summed E-state index contributed by atoms with van der Waals surface area (Å²) in [6, 6.07) is 6.07. The second-order valence-corrected chi connectivity index (χ2v) is 11.3. The Morgan fingerprint density at radius 1 is 1.42 bits per heavy atom. The van der Waals surface area contributed by atoms with E-state index in [4.69, 9.17) is 11.5 Å². The summed E-state index contributed by atoms with van der Waals surface area (Å²) in [6.45, 7) is 4.09. The van der Waals surface area contributed by atoms with Gasteiger partial charge in [-0.25, -0.2) is 0 Å². The molecule has 0 spiro atoms. The van der Waals surface area contributed by atoms with E-state index in [1.165, 1.54) is 34.4 Å². The number of primary amides is 1. The van der Waals surface area contributed by atoms with Crippen molar-refractivity contribution in [2.45, 2.75) is 36.9 Å². The first kappa shape index (κ1) is 21.5. The van der Waals surface area contributed by atoms with Crippen LogP contribution in [-0.4, -0.2) is 27.6 Å². The van der Waals surface area contributed by atoms with Crippen molar-refractivity contribution in [3.8, 4) is 6.07 Å². The molecule has 160 valence electrons. The Hall–Kier alpha value is -2.68. The number of carbonyl (C=O) groups excluding carboxylic acids is 2. The number of thioether (sulfide) groups is 1. The van der Waals surface area contributed by atoms with Crippen LogP contribution in [0.1, 0.15) is 37.5 Å². The molecule has 1 aliphatic heterocycles. The van der Waals surface area contributed by atoms with Gasteiger partial charge in [-0.05, 0) is 23.3 Å². The highest BCUT2D eigenvalue weighted by Gasteiger charge is 2.45. The maximum atomic E-state index is 13.3. The molecule has 2 aromatic heterocycles. The molecule has 0 saturated carbocycles. The van der Waals surface area contributed by atoms with Gasteiger partial charge in [0, 0.05) is 22.6 Å². The molecule has 1 aliphatic carbocycles. The standard InChI is InChI=1S/C20H20N6O2S3/c1-20(2)6-11-16(12(27)7-20)15(13-4-3-5-29-13)10(8-21)17(23)26(11)18-24-25-19(31-18)30-9-14(22)28/h3-5,15H,6-7,9,23H2,1-2H3,(H2,22,28). The number of ketones is 1. The van der Waals surface area contributed by atoms with Gasteiger partial charge in [0.15, 0.2) is 10.1 Å². The third kappa shape index (κ3) is 3.98. The molecule has 8 nitrogen and oxygen atoms in total. The lowest BCUT2D eigenvalue weighted by Gasteiger charge is -2.42. The molecule has 0 saturated heterocycles. The molecule has 1 amide bonds. The largest absolute Gasteiger partial charge is 0.384 e. The first-order valence-corrected chi connectivity index (χ1v) is 12.1. The molecule has 4 rings (SSSR count). The highest BCUT2D eigenvalue weighted by Crippen LogP contribution is 2.51. The minimum atomic E-state index is -0.475. The van der Waals surface area contributed by atoms with E-state index in [1.807, 2.05) is 31.4 Å². The number of thiophene rings is 1. The smallest absolute Gasteiger partial charge is 0.227 e. The van der Waals surface area contributed by atoms with Gasteiger partial charge >= 0.3 is 0 Å². The first-order chi connectivity index (χ1) is 14.7. The Labute approximate surface area is 191 Å². The Morgan fingerprint density at radius 3 is 2.84 bits per heavy atom. The molecular weight excluding hydrogens is 452 g/mol. The maximum Gasteiger partial charge on any atom is 0.227 e. The van der Waals surface area contributed by atoms with E-state index in [0.29, 0.717) is 33.5 Å². The molecule has 2 aromatic rings. The minimum Gasteiger partial charge on any atom is -0.384 e. The molecule has 3 heterocycles. The lowest BCUT2D eigenvalue weighted by atomic mass is 9.70. The van der Waals surface area contributed by atoms with Gasteiger partial charge in [-0.2, -0.15) is 5.26 Å². The third-order valence-corrected chi connectivity index (χ3v) is 8.13. The summed E-state index contributed by atoms with van der Waals surface area (Å²) in [5.41, 5.74) is 13.2. The van der Waals surface area contributed by atoms with Gasteiger partial charge < -0.3 is 11.5 Å². The zero-order chi connectivity index (χ0) is 22.3. The molecule has 2 aliphatic rings. The summed E-state index contributed by atoms with van der Waals surface area (Å²) < 4.78 is 0.559. The minimum absolute atomic E-state index is 0.0164. The second-order valence-electron chi connectivity index (χ2n) is 8.10. The van der Waals surface area contributed by atoms with Crippen molar-refractivity contribution in [2.24, 2.45) is 16.9 Å². The number of nitrogens with two attached hydrogens (primary N) is 2. The zero-order valence-corrected chi connectivity index (χ0v) is 19.4. The fourth-order valence-corrected chi connectivity index (χ4v) is 6.41. The summed E-state index contributed by atoms with van der Waals surface area (Å²) in [5.74, 6) is -0.565. The molecule has 0 fully saturated rings. The quantitative estimate of drug-likeness (QED) is 0.633. The van der Waals surface area contributed by atoms with Crippen LogP contribution in [0.2, 0.25) is 0 Å². The van der Waals surface area contributed by atoms with Gasteiger partial charge in [0.2, 0.25) is 11.0 Å². The van der Waals surface area contributed by atoms with Gasteiger partial charge in [-0.3, -0.25) is 14.5 Å². The van der Waals surface area contributed by atoms with Crippen LogP contribution in [0.5, 0.6) is 0 Å². The van der Waals surface area contributed by atoms with Crippen molar-refractivity contribution in [1.82, 2.24) is 10.2 Å². The van der Waals surface area contributed by atoms with E-state index in [2.05, 4.69) is 16.3 Å². The fraction of sp³-hybridized carbons (Fsp3) is 0.350. The Bertz CT molecular complexity index is 1160. The summed E-state index contributed by atoms with van der Waals surface area (Å²) in [6.07, 6.45) is 1.01. The van der Waals surface area contributed by atoms with Crippen molar-refractivity contribution >= 4 is 51.3 Å². The van der Waals surface area contributed by atoms with Crippen LogP contribution < -0.4 is 16.4 Å². The van der Waals surface area contributed by atoms with Crippen LogP contribution in [-0.2, 0) is 9.59 Å². The topological polar surface area (TPSA) is 139 Å². The molecular formula is C20H20N6O2S3. The SMILES string of the molecule is CC1(C)CC(=O)C2=C(C1)N(c1nnc(SCC(N)=O)s1)C(N)=C(C#N)C2c1cccs1. The third-order valence-electron chi connectivity index (χ3n) is 5.13. The average molecular weight is 473 g/mol. The van der Waals surface area contributed by atoms with Gasteiger partial charge in [-0.1, -0.05) is 43.0 Å². The number of carbonyl (C=O) groups is 2. The van der Waals surface area contributed by atoms with Crippen LogP contribution in [0.3, 0.4) is 0 Å². The number of rotatable bonds is 5. The zero-order valence-electron chi connectivity index (χ0n) is 16.9. The highest BCUT2D eigenvalue weighted by atomic mass is 32.2. The molecule has 1 atom stereocenters. The van der Waals surface area contributed by atoms with Crippen LogP contribution in [0.25, 0.3) is 0 Å². The highest BCUT2D eigenvalue weighted by molar-refractivity contribution is 8.01. The van der Waals surface area contributed by atoms with Gasteiger partial charge in [0.05, 0.1) is 23.3 Å². The van der Waals surface area contributed by atoms with Crippen LogP contribution in [0.4, 0.5) is 5.13 Å². The summed E-state index contributed by atoms with van der Waals surface area (Å²) >= 11 is 3.94. The first-order valence-electron chi connectivity index (χ1n) is 9.46. The summed E-state index contributed by atoms with van der Waals surface area (Å²) in [4.78, 5) is 27.0. The number of nitriles is 1. The van der Waals surface area contributed by atoms with E-state index < -0.39 is 11.8 Å². The van der Waals surface area contributed by atoms with Gasteiger partial charge in [0.1, 0.15) is 5.82 Å². The molecule has 11 heteroatoms. The van der Waals surface area contributed by atoms with Gasteiger partial charge in [-0.15, -0.1) is 21.5 Å². The number of hydrogen-bond donors (Lipinski definition) is 2. The number of nitrogens with zero attached hydrogens (tertiary/aromatic N) is 4.